The quantitative estimate of drug-likeness (QED) is 0.713. The summed E-state index contributed by atoms with van der Waals surface area (Å²) in [5, 5.41) is 3.55. The van der Waals surface area contributed by atoms with Gasteiger partial charge in [0.05, 0.1) is 0 Å². The fraction of sp³-hybridized carbons (Fsp3) is 0.714. The highest BCUT2D eigenvalue weighted by Gasteiger charge is 2.32. The van der Waals surface area contributed by atoms with Crippen molar-refractivity contribution in [2.45, 2.75) is 19.3 Å². The van der Waals surface area contributed by atoms with Crippen molar-refractivity contribution in [2.75, 3.05) is 26.2 Å². The lowest BCUT2D eigenvalue weighted by molar-refractivity contribution is 0.116. The highest BCUT2D eigenvalue weighted by Crippen LogP contribution is 2.32. The zero-order valence-electron chi connectivity index (χ0n) is 9.99. The van der Waals surface area contributed by atoms with E-state index in [-0.39, 0.29) is 0 Å². The average Bonchev–Trinajstić information content (AvgIpc) is 2.81. The standard InChI is InChI=1S/C14H22N2/c1-11(14-4-2-3-5-14)16-9-12-6-13(10-16)8-15-7-12/h2-3,12-15H,1,4-10H2. The maximum atomic E-state index is 4.35. The number of piperidine rings is 2. The minimum absolute atomic E-state index is 0.701. The molecule has 0 spiro atoms. The van der Waals surface area contributed by atoms with E-state index in [1.54, 1.807) is 0 Å². The predicted octanol–water partition coefficient (Wildman–Crippen LogP) is 2.01. The molecule has 0 saturated carbocycles. The average molecular weight is 218 g/mol. The van der Waals surface area contributed by atoms with E-state index in [1.807, 2.05) is 0 Å². The Bertz CT molecular complexity index is 288. The normalized spacial score (nSPS) is 34.4. The number of likely N-dealkylation sites (tertiary alicyclic amines) is 1. The van der Waals surface area contributed by atoms with E-state index in [9.17, 15) is 0 Å². The lowest BCUT2D eigenvalue weighted by Crippen LogP contribution is -2.51. The number of fused-ring (bicyclic) bond motifs is 2. The molecule has 3 aliphatic rings. The Morgan fingerprint density at radius 2 is 1.75 bits per heavy atom. The first-order chi connectivity index (χ1) is 7.83. The van der Waals surface area contributed by atoms with Gasteiger partial charge in [-0.25, -0.2) is 0 Å². The molecule has 2 bridgehead atoms. The fourth-order valence-corrected chi connectivity index (χ4v) is 3.49. The van der Waals surface area contributed by atoms with Gasteiger partial charge < -0.3 is 10.2 Å². The molecule has 2 saturated heterocycles. The molecule has 1 N–H and O–H groups in total. The minimum atomic E-state index is 0.701. The van der Waals surface area contributed by atoms with Crippen LogP contribution in [0, 0.1) is 17.8 Å². The van der Waals surface area contributed by atoms with Gasteiger partial charge >= 0.3 is 0 Å². The van der Waals surface area contributed by atoms with Crippen molar-refractivity contribution >= 4 is 0 Å². The van der Waals surface area contributed by atoms with Crippen molar-refractivity contribution in [3.63, 3.8) is 0 Å². The van der Waals surface area contributed by atoms with Crippen LogP contribution in [0.4, 0.5) is 0 Å². The number of nitrogens with zero attached hydrogens (tertiary/aromatic N) is 1. The zero-order valence-corrected chi connectivity index (χ0v) is 9.99. The molecule has 0 radical (unpaired) electrons. The van der Waals surface area contributed by atoms with Crippen LogP contribution in [0.3, 0.4) is 0 Å². The van der Waals surface area contributed by atoms with Crippen LogP contribution in [0.15, 0.2) is 24.4 Å². The predicted molar refractivity (Wildman–Crippen MR) is 67.0 cm³/mol. The largest absolute Gasteiger partial charge is 0.374 e. The Kier molecular flexibility index (Phi) is 2.76. The Hall–Kier alpha value is -0.760. The molecule has 1 aliphatic carbocycles. The molecular formula is C14H22N2. The van der Waals surface area contributed by atoms with Gasteiger partial charge in [0.1, 0.15) is 0 Å². The van der Waals surface area contributed by atoms with Crippen molar-refractivity contribution in [1.82, 2.24) is 10.2 Å². The summed E-state index contributed by atoms with van der Waals surface area (Å²) in [5.41, 5.74) is 1.40. The number of hydrogen-bond donors (Lipinski definition) is 1. The maximum Gasteiger partial charge on any atom is 0.0215 e. The highest BCUT2D eigenvalue weighted by atomic mass is 15.2. The van der Waals surface area contributed by atoms with E-state index in [0.717, 1.165) is 11.8 Å². The van der Waals surface area contributed by atoms with Crippen LogP contribution in [-0.2, 0) is 0 Å². The van der Waals surface area contributed by atoms with E-state index in [1.165, 1.54) is 51.1 Å². The van der Waals surface area contributed by atoms with Crippen LogP contribution in [-0.4, -0.2) is 31.1 Å². The van der Waals surface area contributed by atoms with Crippen molar-refractivity contribution in [2.24, 2.45) is 17.8 Å². The Morgan fingerprint density at radius 3 is 2.38 bits per heavy atom. The van der Waals surface area contributed by atoms with Crippen LogP contribution >= 0.6 is 0 Å². The first-order valence-corrected chi connectivity index (χ1v) is 6.62. The van der Waals surface area contributed by atoms with Gasteiger partial charge in [0, 0.05) is 24.7 Å². The second-order valence-corrected chi connectivity index (χ2v) is 5.66. The van der Waals surface area contributed by atoms with E-state index in [0.29, 0.717) is 5.92 Å². The van der Waals surface area contributed by atoms with E-state index in [2.05, 4.69) is 28.9 Å². The third-order valence-electron chi connectivity index (χ3n) is 4.38. The summed E-state index contributed by atoms with van der Waals surface area (Å²) >= 11 is 0. The highest BCUT2D eigenvalue weighted by molar-refractivity contribution is 5.11. The molecule has 0 aromatic rings. The number of rotatable bonds is 2. The van der Waals surface area contributed by atoms with Gasteiger partial charge in [-0.1, -0.05) is 18.7 Å². The Labute approximate surface area is 98.4 Å². The molecule has 0 aromatic carbocycles. The van der Waals surface area contributed by atoms with Crippen molar-refractivity contribution < 1.29 is 0 Å². The molecule has 0 aromatic heterocycles. The summed E-state index contributed by atoms with van der Waals surface area (Å²) < 4.78 is 0. The maximum absolute atomic E-state index is 4.35. The van der Waals surface area contributed by atoms with Crippen LogP contribution in [0.2, 0.25) is 0 Å². The first-order valence-electron chi connectivity index (χ1n) is 6.62. The van der Waals surface area contributed by atoms with Crippen molar-refractivity contribution in [3.05, 3.63) is 24.4 Å². The molecular weight excluding hydrogens is 196 g/mol. The molecule has 88 valence electrons. The van der Waals surface area contributed by atoms with E-state index < -0.39 is 0 Å². The lowest BCUT2D eigenvalue weighted by atomic mass is 9.85. The second-order valence-electron chi connectivity index (χ2n) is 5.66. The summed E-state index contributed by atoms with van der Waals surface area (Å²) in [6, 6.07) is 0. The van der Waals surface area contributed by atoms with E-state index in [4.69, 9.17) is 0 Å². The molecule has 2 fully saturated rings. The SMILES string of the molecule is C=C(C1CC=CC1)N1CC2CNCC(C2)C1. The fourth-order valence-electron chi connectivity index (χ4n) is 3.49. The third-order valence-corrected chi connectivity index (χ3v) is 4.38. The van der Waals surface area contributed by atoms with Gasteiger partial charge in [-0.15, -0.1) is 0 Å². The second kappa shape index (κ2) is 4.25. The Morgan fingerprint density at radius 1 is 1.12 bits per heavy atom. The summed E-state index contributed by atoms with van der Waals surface area (Å²) in [5.74, 6) is 2.42. The lowest BCUT2D eigenvalue weighted by Gasteiger charge is -2.44. The summed E-state index contributed by atoms with van der Waals surface area (Å²) in [4.78, 5) is 2.58. The number of hydrogen-bond acceptors (Lipinski definition) is 2. The monoisotopic (exact) mass is 218 g/mol. The third kappa shape index (κ3) is 1.91. The zero-order chi connectivity index (χ0) is 11.0. The summed E-state index contributed by atoms with van der Waals surface area (Å²) in [7, 11) is 0. The molecule has 0 amide bonds. The van der Waals surface area contributed by atoms with Gasteiger partial charge in [-0.2, -0.15) is 0 Å². The molecule has 3 rings (SSSR count). The molecule has 2 atom stereocenters. The van der Waals surface area contributed by atoms with Gasteiger partial charge in [-0.05, 0) is 44.2 Å². The van der Waals surface area contributed by atoms with E-state index >= 15 is 0 Å². The van der Waals surface area contributed by atoms with Crippen LogP contribution in [0.5, 0.6) is 0 Å². The number of nitrogens with one attached hydrogen (secondary N) is 1. The Balaban J connectivity index is 1.64. The van der Waals surface area contributed by atoms with Gasteiger partial charge in [-0.3, -0.25) is 0 Å². The van der Waals surface area contributed by atoms with Crippen LogP contribution in [0.1, 0.15) is 19.3 Å². The smallest absolute Gasteiger partial charge is 0.0215 e. The first kappa shape index (κ1) is 10.4. The van der Waals surface area contributed by atoms with Gasteiger partial charge in [0.2, 0.25) is 0 Å². The minimum Gasteiger partial charge on any atom is -0.374 e. The molecule has 2 heteroatoms. The van der Waals surface area contributed by atoms with Crippen molar-refractivity contribution in [1.29, 1.82) is 0 Å². The van der Waals surface area contributed by atoms with Crippen molar-refractivity contribution in [3.8, 4) is 0 Å². The van der Waals surface area contributed by atoms with Crippen LogP contribution < -0.4 is 5.32 Å². The molecule has 16 heavy (non-hydrogen) atoms. The molecule has 2 unspecified atom stereocenters. The van der Waals surface area contributed by atoms with Gasteiger partial charge in [0.15, 0.2) is 0 Å². The molecule has 2 heterocycles. The molecule has 2 aliphatic heterocycles. The van der Waals surface area contributed by atoms with Crippen LogP contribution in [0.25, 0.3) is 0 Å². The summed E-state index contributed by atoms with van der Waals surface area (Å²) in [6.07, 6.45) is 8.47. The summed E-state index contributed by atoms with van der Waals surface area (Å²) in [6.45, 7) is 9.25. The molecule has 2 nitrogen and oxygen atoms in total. The number of allylic oxidation sites excluding steroid dienone is 3. The topological polar surface area (TPSA) is 15.3 Å². The van der Waals surface area contributed by atoms with Gasteiger partial charge in [0.25, 0.3) is 0 Å².